The highest BCUT2D eigenvalue weighted by Crippen LogP contribution is 2.18. The highest BCUT2D eigenvalue weighted by molar-refractivity contribution is 6.30. The second-order valence-electron chi connectivity index (χ2n) is 6.21. The number of hydrogen-bond acceptors (Lipinski definition) is 2. The zero-order valence-electron chi connectivity index (χ0n) is 14.6. The summed E-state index contributed by atoms with van der Waals surface area (Å²) in [6.07, 6.45) is 0. The molecule has 2 N–H and O–H groups in total. The molecule has 26 heavy (non-hydrogen) atoms. The smallest absolute Gasteiger partial charge is 0.246 e. The van der Waals surface area contributed by atoms with Gasteiger partial charge in [0.2, 0.25) is 5.91 Å². The van der Waals surface area contributed by atoms with E-state index in [2.05, 4.69) is 10.6 Å². The van der Waals surface area contributed by atoms with Crippen LogP contribution in [0.5, 0.6) is 0 Å². The summed E-state index contributed by atoms with van der Waals surface area (Å²) < 4.78 is 0. The second-order valence-corrected chi connectivity index (χ2v) is 6.65. The van der Waals surface area contributed by atoms with Gasteiger partial charge >= 0.3 is 0 Å². The number of hydrogen-bond donors (Lipinski definition) is 2. The highest BCUT2D eigenvalue weighted by atomic mass is 35.5. The summed E-state index contributed by atoms with van der Waals surface area (Å²) in [5, 5.41) is 7.01. The third kappa shape index (κ3) is 4.94. The fourth-order valence-electron chi connectivity index (χ4n) is 2.73. The van der Waals surface area contributed by atoms with Gasteiger partial charge < -0.3 is 5.32 Å². The molecule has 3 nitrogen and oxygen atoms in total. The molecule has 3 aromatic rings. The van der Waals surface area contributed by atoms with Gasteiger partial charge in [0, 0.05) is 17.3 Å². The van der Waals surface area contributed by atoms with Crippen molar-refractivity contribution in [1.82, 2.24) is 5.32 Å². The van der Waals surface area contributed by atoms with Crippen molar-refractivity contribution >= 4 is 23.2 Å². The summed E-state index contributed by atoms with van der Waals surface area (Å²) in [7, 11) is 0. The van der Waals surface area contributed by atoms with E-state index < -0.39 is 6.04 Å². The molecule has 3 rings (SSSR count). The third-order valence-electron chi connectivity index (χ3n) is 4.11. The maximum absolute atomic E-state index is 12.9. The second kappa shape index (κ2) is 8.65. The molecule has 1 atom stereocenters. The Bertz CT molecular complexity index is 863. The van der Waals surface area contributed by atoms with Crippen LogP contribution >= 0.6 is 11.6 Å². The minimum Gasteiger partial charge on any atom is -0.324 e. The van der Waals surface area contributed by atoms with Crippen LogP contribution in [0, 0.1) is 6.92 Å². The Kier molecular flexibility index (Phi) is 6.05. The Hall–Kier alpha value is -2.62. The normalized spacial score (nSPS) is 11.8. The fraction of sp³-hybridized carbons (Fsp3) is 0.136. The summed E-state index contributed by atoms with van der Waals surface area (Å²) >= 11 is 6.05. The molecule has 4 heteroatoms. The van der Waals surface area contributed by atoms with Crippen molar-refractivity contribution in [3.8, 4) is 0 Å². The number of carbonyl (C=O) groups is 1. The van der Waals surface area contributed by atoms with Crippen molar-refractivity contribution in [2.45, 2.75) is 19.5 Å². The molecule has 0 unspecified atom stereocenters. The van der Waals surface area contributed by atoms with E-state index in [0.29, 0.717) is 11.6 Å². The standard InChI is InChI=1S/C22H21ClN2O/c1-16-10-12-20(13-11-16)25-22(26)21(18-7-3-2-4-8-18)24-15-17-6-5-9-19(23)14-17/h2-14,21,24H,15H2,1H3,(H,25,26)/t21-/m1/s1. The number of nitrogens with one attached hydrogen (secondary N) is 2. The average molecular weight is 365 g/mol. The lowest BCUT2D eigenvalue weighted by atomic mass is 10.1. The summed E-state index contributed by atoms with van der Waals surface area (Å²) in [6.45, 7) is 2.56. The van der Waals surface area contributed by atoms with E-state index >= 15 is 0 Å². The number of amides is 1. The van der Waals surface area contributed by atoms with Gasteiger partial charge in [-0.3, -0.25) is 10.1 Å². The first kappa shape index (κ1) is 18.2. The van der Waals surface area contributed by atoms with Crippen molar-refractivity contribution in [2.75, 3.05) is 5.32 Å². The van der Waals surface area contributed by atoms with Crippen LogP contribution in [-0.4, -0.2) is 5.91 Å². The third-order valence-corrected chi connectivity index (χ3v) is 4.35. The molecule has 0 heterocycles. The lowest BCUT2D eigenvalue weighted by Gasteiger charge is -2.19. The first-order valence-electron chi connectivity index (χ1n) is 8.52. The first-order valence-corrected chi connectivity index (χ1v) is 8.90. The molecular weight excluding hydrogens is 344 g/mol. The molecule has 0 saturated heterocycles. The average Bonchev–Trinajstić information content (AvgIpc) is 2.65. The lowest BCUT2D eigenvalue weighted by molar-refractivity contribution is -0.118. The van der Waals surface area contributed by atoms with Gasteiger partial charge in [-0.05, 0) is 42.3 Å². The SMILES string of the molecule is Cc1ccc(NC(=O)[C@H](NCc2cccc(Cl)c2)c2ccccc2)cc1. The van der Waals surface area contributed by atoms with Crippen LogP contribution < -0.4 is 10.6 Å². The predicted molar refractivity (Wildman–Crippen MR) is 107 cm³/mol. The van der Waals surface area contributed by atoms with E-state index in [1.54, 1.807) is 0 Å². The summed E-state index contributed by atoms with van der Waals surface area (Å²) in [5.41, 5.74) is 3.88. The Morgan fingerprint density at radius 1 is 0.962 bits per heavy atom. The zero-order chi connectivity index (χ0) is 18.4. The van der Waals surface area contributed by atoms with Gasteiger partial charge in [-0.2, -0.15) is 0 Å². The highest BCUT2D eigenvalue weighted by Gasteiger charge is 2.20. The van der Waals surface area contributed by atoms with Crippen molar-refractivity contribution < 1.29 is 4.79 Å². The molecule has 0 aromatic heterocycles. The monoisotopic (exact) mass is 364 g/mol. The molecule has 0 radical (unpaired) electrons. The van der Waals surface area contributed by atoms with Crippen molar-refractivity contribution in [3.05, 3.63) is 101 Å². The van der Waals surface area contributed by atoms with Gasteiger partial charge in [0.15, 0.2) is 0 Å². The molecule has 0 aliphatic carbocycles. The molecule has 0 aliphatic rings. The van der Waals surface area contributed by atoms with Crippen LogP contribution in [0.1, 0.15) is 22.7 Å². The minimum atomic E-state index is -0.462. The van der Waals surface area contributed by atoms with Crippen LogP contribution in [0.4, 0.5) is 5.69 Å². The van der Waals surface area contributed by atoms with Crippen molar-refractivity contribution in [3.63, 3.8) is 0 Å². The number of carbonyl (C=O) groups excluding carboxylic acids is 1. The van der Waals surface area contributed by atoms with Gasteiger partial charge in [-0.15, -0.1) is 0 Å². The largest absolute Gasteiger partial charge is 0.324 e. The van der Waals surface area contributed by atoms with Crippen LogP contribution in [0.15, 0.2) is 78.9 Å². The van der Waals surface area contributed by atoms with Crippen LogP contribution in [0.25, 0.3) is 0 Å². The Morgan fingerprint density at radius 2 is 1.69 bits per heavy atom. The molecular formula is C22H21ClN2O. The quantitative estimate of drug-likeness (QED) is 0.637. The number of rotatable bonds is 6. The summed E-state index contributed by atoms with van der Waals surface area (Å²) in [6, 6.07) is 24.6. The molecule has 0 aliphatic heterocycles. The van der Waals surface area contributed by atoms with Crippen molar-refractivity contribution in [2.24, 2.45) is 0 Å². The molecule has 0 fully saturated rings. The van der Waals surface area contributed by atoms with E-state index in [1.165, 1.54) is 0 Å². The Morgan fingerprint density at radius 3 is 2.38 bits per heavy atom. The summed E-state index contributed by atoms with van der Waals surface area (Å²) in [4.78, 5) is 12.9. The molecule has 1 amide bonds. The van der Waals surface area contributed by atoms with Gasteiger partial charge in [0.05, 0.1) is 0 Å². The van der Waals surface area contributed by atoms with Gasteiger partial charge in [0.25, 0.3) is 0 Å². The van der Waals surface area contributed by atoms with Crippen LogP contribution in [0.2, 0.25) is 5.02 Å². The molecule has 132 valence electrons. The van der Waals surface area contributed by atoms with Crippen LogP contribution in [-0.2, 0) is 11.3 Å². The summed E-state index contributed by atoms with van der Waals surface area (Å²) in [5.74, 6) is -0.0953. The topological polar surface area (TPSA) is 41.1 Å². The fourth-order valence-corrected chi connectivity index (χ4v) is 2.94. The van der Waals surface area contributed by atoms with E-state index in [-0.39, 0.29) is 5.91 Å². The minimum absolute atomic E-state index is 0.0953. The van der Waals surface area contributed by atoms with Crippen molar-refractivity contribution in [1.29, 1.82) is 0 Å². The predicted octanol–water partition coefficient (Wildman–Crippen LogP) is 5.12. The zero-order valence-corrected chi connectivity index (χ0v) is 15.3. The van der Waals surface area contributed by atoms with Crippen LogP contribution in [0.3, 0.4) is 0 Å². The first-order chi connectivity index (χ1) is 12.6. The molecule has 3 aromatic carbocycles. The number of halogens is 1. The van der Waals surface area contributed by atoms with Gasteiger partial charge in [0.1, 0.15) is 6.04 Å². The number of anilines is 1. The molecule has 0 bridgehead atoms. The number of benzene rings is 3. The van der Waals surface area contributed by atoms with E-state index in [0.717, 1.165) is 22.4 Å². The van der Waals surface area contributed by atoms with E-state index in [4.69, 9.17) is 11.6 Å². The van der Waals surface area contributed by atoms with Gasteiger partial charge in [-0.25, -0.2) is 0 Å². The maximum Gasteiger partial charge on any atom is 0.246 e. The molecule has 0 spiro atoms. The molecule has 0 saturated carbocycles. The maximum atomic E-state index is 12.9. The van der Waals surface area contributed by atoms with E-state index in [1.807, 2.05) is 85.8 Å². The Balaban J connectivity index is 1.76. The lowest BCUT2D eigenvalue weighted by Crippen LogP contribution is -2.32. The van der Waals surface area contributed by atoms with E-state index in [9.17, 15) is 4.79 Å². The Labute approximate surface area is 159 Å². The van der Waals surface area contributed by atoms with Gasteiger partial charge in [-0.1, -0.05) is 71.8 Å². The number of aryl methyl sites for hydroxylation is 1.